The molecular formula is C24H49N5O15. The number of aliphatic hydroxyl groups is 10. The predicted molar refractivity (Wildman–Crippen MR) is 144 cm³/mol. The molecule has 0 aromatic heterocycles. The van der Waals surface area contributed by atoms with Crippen LogP contribution in [0.3, 0.4) is 0 Å². The molecule has 44 heavy (non-hydrogen) atoms. The minimum Gasteiger partial charge on any atom is -0.394 e. The Morgan fingerprint density at radius 1 is 0.545 bits per heavy atom. The van der Waals surface area contributed by atoms with Gasteiger partial charge in [-0.3, -0.25) is 0 Å². The van der Waals surface area contributed by atoms with Crippen molar-refractivity contribution in [2.75, 3.05) is 19.8 Å². The first-order chi connectivity index (χ1) is 20.7. The van der Waals surface area contributed by atoms with E-state index in [2.05, 4.69) is 4.74 Å². The van der Waals surface area contributed by atoms with Gasteiger partial charge in [-0.25, -0.2) is 0 Å². The Labute approximate surface area is 252 Å². The lowest BCUT2D eigenvalue weighted by molar-refractivity contribution is -0.314. The van der Waals surface area contributed by atoms with Gasteiger partial charge >= 0.3 is 0 Å². The van der Waals surface area contributed by atoms with Gasteiger partial charge in [0, 0.05) is 18.6 Å². The summed E-state index contributed by atoms with van der Waals surface area (Å²) >= 11 is 0. The Morgan fingerprint density at radius 2 is 1.07 bits per heavy atom. The number of rotatable bonds is 7. The van der Waals surface area contributed by atoms with E-state index in [1.54, 1.807) is 0 Å². The molecule has 4 rings (SSSR count). The summed E-state index contributed by atoms with van der Waals surface area (Å²) in [6.45, 7) is -1.02. The van der Waals surface area contributed by atoms with Gasteiger partial charge in [0.15, 0.2) is 18.9 Å². The van der Waals surface area contributed by atoms with Crippen molar-refractivity contribution < 1.29 is 74.7 Å². The minimum absolute atomic E-state index is 0.0542. The molecule has 3 aliphatic heterocycles. The van der Waals surface area contributed by atoms with Gasteiger partial charge in [0.1, 0.15) is 61.0 Å². The highest BCUT2D eigenvalue weighted by atomic mass is 16.7. The molecule has 3 heterocycles. The Morgan fingerprint density at radius 3 is 1.61 bits per heavy atom. The predicted octanol–water partition coefficient (Wildman–Crippen LogP) is -9.52. The first-order valence-electron chi connectivity index (χ1n) is 14.3. The summed E-state index contributed by atoms with van der Waals surface area (Å²) in [5, 5.41) is 95.4. The van der Waals surface area contributed by atoms with Gasteiger partial charge < -0.3 is 103 Å². The van der Waals surface area contributed by atoms with E-state index in [0.717, 1.165) is 0 Å². The molecule has 4 aliphatic rings. The van der Waals surface area contributed by atoms with E-state index in [1.807, 2.05) is 0 Å². The van der Waals surface area contributed by atoms with Crippen LogP contribution in [0.1, 0.15) is 12.8 Å². The summed E-state index contributed by atoms with van der Waals surface area (Å²) in [5.41, 5.74) is 29.8. The highest BCUT2D eigenvalue weighted by molar-refractivity contribution is 5.01. The fourth-order valence-electron chi connectivity index (χ4n) is 5.51. The molecule has 1 unspecified atom stereocenters. The fraction of sp³-hybridized carbons (Fsp3) is 1.00. The van der Waals surface area contributed by atoms with Crippen LogP contribution in [0.25, 0.3) is 0 Å². The summed E-state index contributed by atoms with van der Waals surface area (Å²) in [4.78, 5) is 0. The van der Waals surface area contributed by atoms with Crippen LogP contribution in [0.4, 0.5) is 0 Å². The lowest BCUT2D eigenvalue weighted by Crippen LogP contribution is -2.68. The molecule has 0 aromatic rings. The number of hydrogen-bond donors (Lipinski definition) is 15. The monoisotopic (exact) mass is 647 g/mol. The Bertz CT molecular complexity index is 866. The summed E-state index contributed by atoms with van der Waals surface area (Å²) in [6, 6.07) is -3.27. The van der Waals surface area contributed by atoms with Crippen LogP contribution in [0.2, 0.25) is 0 Å². The third-order valence-electron chi connectivity index (χ3n) is 8.28. The largest absolute Gasteiger partial charge is 0.394 e. The summed E-state index contributed by atoms with van der Waals surface area (Å²) in [5.74, 6) is 0. The van der Waals surface area contributed by atoms with Gasteiger partial charge in [-0.1, -0.05) is 0 Å². The van der Waals surface area contributed by atoms with Crippen molar-refractivity contribution in [1.82, 2.24) is 0 Å². The highest BCUT2D eigenvalue weighted by Crippen LogP contribution is 2.30. The summed E-state index contributed by atoms with van der Waals surface area (Å²) in [6.07, 6.45) is -17.8. The van der Waals surface area contributed by atoms with E-state index in [0.29, 0.717) is 0 Å². The van der Waals surface area contributed by atoms with Crippen LogP contribution >= 0.6 is 0 Å². The van der Waals surface area contributed by atoms with Gasteiger partial charge in [0.2, 0.25) is 0 Å². The summed E-state index contributed by atoms with van der Waals surface area (Å²) < 4.78 is 27.3. The molecule has 3 saturated heterocycles. The van der Waals surface area contributed by atoms with Gasteiger partial charge in [-0.15, -0.1) is 0 Å². The molecule has 4 fully saturated rings. The highest BCUT2D eigenvalue weighted by Gasteiger charge is 2.50. The van der Waals surface area contributed by atoms with Gasteiger partial charge in [-0.2, -0.15) is 0 Å². The van der Waals surface area contributed by atoms with Crippen molar-refractivity contribution >= 4 is 0 Å². The van der Waals surface area contributed by atoms with Crippen molar-refractivity contribution in [2.45, 2.75) is 129 Å². The molecule has 20 nitrogen and oxygen atoms in total. The molecule has 0 bridgehead atoms. The number of hydrogen-bond acceptors (Lipinski definition) is 20. The molecule has 1 saturated carbocycles. The Hall–Kier alpha value is -0.800. The molecule has 1 aliphatic carbocycles. The average molecular weight is 648 g/mol. The maximum absolute atomic E-state index is 11.0. The topological polar surface area (TPSA) is 379 Å². The molecule has 0 amide bonds. The fourth-order valence-corrected chi connectivity index (χ4v) is 5.51. The first-order valence-corrected chi connectivity index (χ1v) is 14.3. The SMILES string of the molecule is NC[C@H]1O[C@H](O[C@H]2[C@H](O)[C@@H](O[C@H]3O[C@H](CO)[C@@H](O)[C@H](N)[C@H]3O)[C@H](N)C[C@@H]2N)[C@H](N)C[C@@H]1O.OC[C@H]1OC(O)[C@H](O)[C@@H](O)[C@@H]1O. The van der Waals surface area contributed by atoms with Crippen molar-refractivity contribution in [1.29, 1.82) is 0 Å². The Balaban J connectivity index is 0.000000369. The van der Waals surface area contributed by atoms with E-state index in [9.17, 15) is 25.5 Å². The molecule has 0 spiro atoms. The first kappa shape index (κ1) is 37.7. The quantitative estimate of drug-likeness (QED) is 0.122. The van der Waals surface area contributed by atoms with Crippen LogP contribution in [-0.4, -0.2) is 187 Å². The Kier molecular flexibility index (Phi) is 14.0. The summed E-state index contributed by atoms with van der Waals surface area (Å²) in [7, 11) is 0. The third kappa shape index (κ3) is 8.37. The molecule has 20 N–H and O–H groups in total. The molecule has 19 atom stereocenters. The van der Waals surface area contributed by atoms with Crippen LogP contribution in [0, 0.1) is 0 Å². The number of ether oxygens (including phenoxy) is 5. The number of aliphatic hydroxyl groups excluding tert-OH is 10. The van der Waals surface area contributed by atoms with Crippen molar-refractivity contribution in [2.24, 2.45) is 28.7 Å². The maximum atomic E-state index is 11.0. The zero-order valence-corrected chi connectivity index (χ0v) is 23.9. The van der Waals surface area contributed by atoms with Crippen LogP contribution in [-0.2, 0) is 23.7 Å². The second-order valence-corrected chi connectivity index (χ2v) is 11.5. The minimum atomic E-state index is -1.57. The van der Waals surface area contributed by atoms with Crippen molar-refractivity contribution in [3.05, 3.63) is 0 Å². The van der Waals surface area contributed by atoms with Gasteiger partial charge in [0.05, 0.1) is 37.5 Å². The lowest BCUT2D eigenvalue weighted by Gasteiger charge is -2.47. The van der Waals surface area contributed by atoms with Gasteiger partial charge in [-0.05, 0) is 12.8 Å². The van der Waals surface area contributed by atoms with Crippen molar-refractivity contribution in [3.63, 3.8) is 0 Å². The number of nitrogens with two attached hydrogens (primary N) is 5. The van der Waals surface area contributed by atoms with Crippen molar-refractivity contribution in [3.8, 4) is 0 Å². The molecular weight excluding hydrogens is 598 g/mol. The molecule has 260 valence electrons. The van der Waals surface area contributed by atoms with E-state index in [-0.39, 0.29) is 19.4 Å². The zero-order chi connectivity index (χ0) is 33.0. The maximum Gasteiger partial charge on any atom is 0.186 e. The lowest BCUT2D eigenvalue weighted by atomic mass is 9.84. The standard InChI is InChI=1S/C18H37N5O9.C6H12O6/c19-3-9-8(25)2-7(22)17(29-9)31-15-5(20)1-6(21)16(14(15)28)32-18-13(27)11(23)12(26)10(4-24)30-18;7-1-2-3(8)4(9)5(10)6(11)12-2/h5-18,24-28H,1-4,19-23H2;2-11H,1H2/t5-,6+,7+,8-,9+,10+,11-,12+,13+,14-,15+,16-,17+,18+;2-,3-,4+,5-,6?/m01/s1. The normalized spacial score (nSPS) is 51.8. The second-order valence-electron chi connectivity index (χ2n) is 11.5. The van der Waals surface area contributed by atoms with Crippen LogP contribution in [0.5, 0.6) is 0 Å². The molecule has 20 heteroatoms. The smallest absolute Gasteiger partial charge is 0.186 e. The third-order valence-corrected chi connectivity index (χ3v) is 8.28. The van der Waals surface area contributed by atoms with E-state index < -0.39 is 129 Å². The average Bonchev–Trinajstić information content (AvgIpc) is 2.99. The van der Waals surface area contributed by atoms with Crippen LogP contribution in [0.15, 0.2) is 0 Å². The zero-order valence-electron chi connectivity index (χ0n) is 23.9. The molecule has 0 aromatic carbocycles. The molecule has 0 radical (unpaired) electrons. The van der Waals surface area contributed by atoms with E-state index in [4.69, 9.17) is 73.1 Å². The van der Waals surface area contributed by atoms with E-state index >= 15 is 0 Å². The van der Waals surface area contributed by atoms with Crippen LogP contribution < -0.4 is 28.7 Å². The van der Waals surface area contributed by atoms with E-state index in [1.165, 1.54) is 0 Å². The van der Waals surface area contributed by atoms with Gasteiger partial charge in [0.25, 0.3) is 0 Å². The second kappa shape index (κ2) is 16.3.